The second kappa shape index (κ2) is 8.89. The quantitative estimate of drug-likeness (QED) is 0.372. The maximum absolute atomic E-state index is 13.6. The van der Waals surface area contributed by atoms with Gasteiger partial charge in [0.15, 0.2) is 5.43 Å². The van der Waals surface area contributed by atoms with Gasteiger partial charge in [0.1, 0.15) is 11.5 Å². The Morgan fingerprint density at radius 1 is 1.03 bits per heavy atom. The number of anilines is 1. The number of aromatic nitrogens is 5. The van der Waals surface area contributed by atoms with Crippen molar-refractivity contribution in [3.63, 3.8) is 0 Å². The van der Waals surface area contributed by atoms with Gasteiger partial charge in [-0.15, -0.1) is 0 Å². The predicted molar refractivity (Wildman–Crippen MR) is 134 cm³/mol. The minimum Gasteiger partial charge on any atom is -0.346 e. The van der Waals surface area contributed by atoms with Crippen LogP contribution in [0.15, 0.2) is 70.5 Å². The van der Waals surface area contributed by atoms with Gasteiger partial charge in [0, 0.05) is 23.5 Å². The third-order valence-electron chi connectivity index (χ3n) is 5.49. The van der Waals surface area contributed by atoms with Crippen LogP contribution in [0.3, 0.4) is 0 Å². The van der Waals surface area contributed by atoms with Crippen molar-refractivity contribution in [1.82, 2.24) is 24.5 Å². The molecule has 0 radical (unpaired) electrons. The predicted octanol–water partition coefficient (Wildman–Crippen LogP) is 4.56. The third kappa shape index (κ3) is 4.02. The summed E-state index contributed by atoms with van der Waals surface area (Å²) in [4.78, 5) is 41.9. The van der Waals surface area contributed by atoms with E-state index in [0.717, 1.165) is 5.56 Å². The summed E-state index contributed by atoms with van der Waals surface area (Å²) in [6, 6.07) is 13.4. The number of fused-ring (bicyclic) bond motifs is 2. The van der Waals surface area contributed by atoms with Crippen LogP contribution in [0, 0.1) is 0 Å². The molecule has 5 aromatic rings. The van der Waals surface area contributed by atoms with Gasteiger partial charge in [-0.1, -0.05) is 47.5 Å². The van der Waals surface area contributed by atoms with Crippen molar-refractivity contribution in [3.05, 3.63) is 103 Å². The number of halogens is 2. The van der Waals surface area contributed by atoms with E-state index in [1.54, 1.807) is 28.8 Å². The molecule has 1 unspecified atom stereocenters. The standard InChI is InChI=1S/C24H18Cl2N6O2/c1-13(29-24-28-11-15-19(33)9-10-27-21(15)31-24)22-30-18-8-4-7-17(26)20(18)23(34)32(22)12-14-5-2-3-6-16(14)25/h2-11,13H,12H2,1H3,(H2,27,28,29,31,33). The number of pyridine rings is 1. The first-order chi connectivity index (χ1) is 16.4. The lowest BCUT2D eigenvalue weighted by atomic mass is 10.2. The third-order valence-corrected chi connectivity index (χ3v) is 6.17. The number of nitrogens with one attached hydrogen (secondary N) is 2. The highest BCUT2D eigenvalue weighted by atomic mass is 35.5. The summed E-state index contributed by atoms with van der Waals surface area (Å²) in [6.07, 6.45) is 2.99. The SMILES string of the molecule is CC(Nc1ncc2c(=O)cc[nH]c2n1)c1nc2cccc(Cl)c2c(=O)n1Cc1ccccc1Cl. The first-order valence-electron chi connectivity index (χ1n) is 10.5. The largest absolute Gasteiger partial charge is 0.346 e. The highest BCUT2D eigenvalue weighted by Gasteiger charge is 2.20. The maximum Gasteiger partial charge on any atom is 0.263 e. The Morgan fingerprint density at radius 2 is 1.82 bits per heavy atom. The van der Waals surface area contributed by atoms with E-state index in [4.69, 9.17) is 28.2 Å². The monoisotopic (exact) mass is 492 g/mol. The Balaban J connectivity index is 1.62. The molecular formula is C24H18Cl2N6O2. The number of benzene rings is 2. The highest BCUT2D eigenvalue weighted by molar-refractivity contribution is 6.35. The summed E-state index contributed by atoms with van der Waals surface area (Å²) in [6.45, 7) is 2.06. The Morgan fingerprint density at radius 3 is 2.65 bits per heavy atom. The number of hydrogen-bond acceptors (Lipinski definition) is 6. The molecule has 8 nitrogen and oxygen atoms in total. The number of hydrogen-bond donors (Lipinski definition) is 2. The lowest BCUT2D eigenvalue weighted by Gasteiger charge is -2.20. The van der Waals surface area contributed by atoms with Crippen LogP contribution in [0.4, 0.5) is 5.95 Å². The molecule has 0 saturated heterocycles. The van der Waals surface area contributed by atoms with Crippen LogP contribution in [-0.4, -0.2) is 24.5 Å². The molecule has 0 amide bonds. The van der Waals surface area contributed by atoms with Crippen molar-refractivity contribution < 1.29 is 0 Å². The zero-order valence-corrected chi connectivity index (χ0v) is 19.4. The average molecular weight is 493 g/mol. The van der Waals surface area contributed by atoms with E-state index in [1.165, 1.54) is 18.5 Å². The van der Waals surface area contributed by atoms with Gasteiger partial charge < -0.3 is 10.3 Å². The summed E-state index contributed by atoms with van der Waals surface area (Å²) in [7, 11) is 0. The van der Waals surface area contributed by atoms with E-state index in [2.05, 4.69) is 20.3 Å². The van der Waals surface area contributed by atoms with Crippen molar-refractivity contribution in [2.24, 2.45) is 0 Å². The molecule has 3 heterocycles. The zero-order valence-electron chi connectivity index (χ0n) is 17.9. The smallest absolute Gasteiger partial charge is 0.263 e. The van der Waals surface area contributed by atoms with Crippen LogP contribution in [0.25, 0.3) is 21.9 Å². The van der Waals surface area contributed by atoms with Crippen LogP contribution in [0.5, 0.6) is 0 Å². The van der Waals surface area contributed by atoms with Crippen molar-refractivity contribution in [2.45, 2.75) is 19.5 Å². The maximum atomic E-state index is 13.6. The molecule has 1 atom stereocenters. The molecule has 10 heteroatoms. The molecule has 0 aliphatic carbocycles. The summed E-state index contributed by atoms with van der Waals surface area (Å²) in [5.74, 6) is 0.747. The van der Waals surface area contributed by atoms with Crippen molar-refractivity contribution in [2.75, 3.05) is 5.32 Å². The summed E-state index contributed by atoms with van der Waals surface area (Å²) < 4.78 is 1.55. The van der Waals surface area contributed by atoms with Crippen LogP contribution in [-0.2, 0) is 6.54 Å². The number of nitrogens with zero attached hydrogens (tertiary/aromatic N) is 4. The lowest BCUT2D eigenvalue weighted by Crippen LogP contribution is -2.29. The fourth-order valence-corrected chi connectivity index (χ4v) is 4.25. The molecule has 34 heavy (non-hydrogen) atoms. The lowest BCUT2D eigenvalue weighted by molar-refractivity contribution is 0.638. The van der Waals surface area contributed by atoms with Crippen LogP contribution in [0.2, 0.25) is 10.0 Å². The van der Waals surface area contributed by atoms with Crippen molar-refractivity contribution in [1.29, 1.82) is 0 Å². The Kier molecular flexibility index (Phi) is 5.77. The molecule has 0 fully saturated rings. The molecule has 3 aromatic heterocycles. The molecule has 0 spiro atoms. The first kappa shape index (κ1) is 22.1. The fourth-order valence-electron chi connectivity index (χ4n) is 3.81. The molecular weight excluding hydrogens is 475 g/mol. The number of rotatable bonds is 5. The molecule has 170 valence electrons. The van der Waals surface area contributed by atoms with E-state index in [-0.39, 0.29) is 23.5 Å². The summed E-state index contributed by atoms with van der Waals surface area (Å²) in [5.41, 5.74) is 1.22. The summed E-state index contributed by atoms with van der Waals surface area (Å²) in [5, 5.41) is 4.78. The van der Waals surface area contributed by atoms with E-state index >= 15 is 0 Å². The van der Waals surface area contributed by atoms with Gasteiger partial charge >= 0.3 is 0 Å². The second-order valence-corrected chi connectivity index (χ2v) is 8.56. The number of H-pyrrole nitrogens is 1. The molecule has 2 aromatic carbocycles. The van der Waals surface area contributed by atoms with E-state index in [0.29, 0.717) is 37.8 Å². The topological polar surface area (TPSA) is 106 Å². The van der Waals surface area contributed by atoms with Gasteiger partial charge in [0.25, 0.3) is 5.56 Å². The normalized spacial score (nSPS) is 12.2. The zero-order chi connectivity index (χ0) is 23.8. The minimum atomic E-state index is -0.466. The molecule has 5 rings (SSSR count). The Bertz CT molecular complexity index is 1660. The van der Waals surface area contributed by atoms with Gasteiger partial charge in [-0.05, 0) is 30.7 Å². The molecule has 0 bridgehead atoms. The van der Waals surface area contributed by atoms with Crippen LogP contribution >= 0.6 is 23.2 Å². The van der Waals surface area contributed by atoms with Crippen molar-refractivity contribution in [3.8, 4) is 0 Å². The first-order valence-corrected chi connectivity index (χ1v) is 11.2. The average Bonchev–Trinajstić information content (AvgIpc) is 2.82. The van der Waals surface area contributed by atoms with Crippen LogP contribution in [0.1, 0.15) is 24.4 Å². The Labute approximate surface area is 203 Å². The van der Waals surface area contributed by atoms with Gasteiger partial charge in [0.2, 0.25) is 5.95 Å². The Hall–Kier alpha value is -3.75. The fraction of sp³-hybridized carbons (Fsp3) is 0.125. The van der Waals surface area contributed by atoms with E-state index in [1.807, 2.05) is 25.1 Å². The number of aromatic amines is 1. The molecule has 2 N–H and O–H groups in total. The molecule has 0 aliphatic rings. The minimum absolute atomic E-state index is 0.171. The second-order valence-electron chi connectivity index (χ2n) is 7.75. The van der Waals surface area contributed by atoms with Gasteiger partial charge in [-0.3, -0.25) is 14.2 Å². The van der Waals surface area contributed by atoms with Crippen LogP contribution < -0.4 is 16.3 Å². The van der Waals surface area contributed by atoms with Crippen molar-refractivity contribution >= 4 is 51.1 Å². The van der Waals surface area contributed by atoms with E-state index in [9.17, 15) is 9.59 Å². The van der Waals surface area contributed by atoms with Gasteiger partial charge in [0.05, 0.1) is 33.9 Å². The van der Waals surface area contributed by atoms with Gasteiger partial charge in [-0.25, -0.2) is 9.97 Å². The van der Waals surface area contributed by atoms with Gasteiger partial charge in [-0.2, -0.15) is 4.98 Å². The molecule has 0 saturated carbocycles. The van der Waals surface area contributed by atoms with E-state index < -0.39 is 6.04 Å². The highest BCUT2D eigenvalue weighted by Crippen LogP contribution is 2.24. The summed E-state index contributed by atoms with van der Waals surface area (Å²) >= 11 is 12.7. The molecule has 0 aliphatic heterocycles.